The number of aromatic nitrogens is 3. The van der Waals surface area contributed by atoms with Gasteiger partial charge in [0.25, 0.3) is 0 Å². The molecule has 4 nitrogen and oxygen atoms in total. The van der Waals surface area contributed by atoms with Crippen molar-refractivity contribution in [3.8, 4) is 39.5 Å². The van der Waals surface area contributed by atoms with Crippen LogP contribution in [0.3, 0.4) is 0 Å². The highest BCUT2D eigenvalue weighted by molar-refractivity contribution is 6.21. The molecule has 0 bridgehead atoms. The zero-order valence-corrected chi connectivity index (χ0v) is 32.3. The largest absolute Gasteiger partial charge is 0.456 e. The van der Waals surface area contributed by atoms with Gasteiger partial charge in [-0.05, 0) is 85.4 Å². The maximum atomic E-state index is 6.45. The first-order chi connectivity index (χ1) is 29.7. The summed E-state index contributed by atoms with van der Waals surface area (Å²) < 4.78 is 8.74. The Morgan fingerprint density at radius 1 is 0.367 bits per heavy atom. The molecule has 0 saturated carbocycles. The second-order valence-electron chi connectivity index (χ2n) is 15.7. The van der Waals surface area contributed by atoms with Crippen molar-refractivity contribution >= 4 is 87.0 Å². The highest BCUT2D eigenvalue weighted by Gasteiger charge is 2.22. The molecule has 0 aliphatic heterocycles. The zero-order chi connectivity index (χ0) is 39.3. The normalized spacial score (nSPS) is 12.0. The molecule has 10 aromatic carbocycles. The Labute approximate surface area is 344 Å². The Hall–Kier alpha value is -8.08. The van der Waals surface area contributed by atoms with Crippen LogP contribution in [0, 0.1) is 0 Å². The van der Waals surface area contributed by atoms with Crippen molar-refractivity contribution in [3.05, 3.63) is 200 Å². The third-order valence-corrected chi connectivity index (χ3v) is 12.4. The number of furan rings is 1. The fraction of sp³-hybridized carbons (Fsp3) is 0. The minimum Gasteiger partial charge on any atom is -0.456 e. The Morgan fingerprint density at radius 2 is 0.983 bits per heavy atom. The Bertz CT molecular complexity index is 3890. The molecule has 13 rings (SSSR count). The van der Waals surface area contributed by atoms with Gasteiger partial charge in [0.1, 0.15) is 11.2 Å². The van der Waals surface area contributed by atoms with Crippen LogP contribution in [0.4, 0.5) is 0 Å². The van der Waals surface area contributed by atoms with E-state index in [9.17, 15) is 0 Å². The van der Waals surface area contributed by atoms with Crippen LogP contribution in [0.5, 0.6) is 0 Å². The number of rotatable bonds is 4. The van der Waals surface area contributed by atoms with E-state index in [0.717, 1.165) is 77.0 Å². The van der Waals surface area contributed by atoms with Crippen LogP contribution in [0.2, 0.25) is 0 Å². The molecule has 3 aromatic heterocycles. The molecule has 0 amide bonds. The van der Waals surface area contributed by atoms with E-state index >= 15 is 0 Å². The first kappa shape index (κ1) is 32.9. The second-order valence-corrected chi connectivity index (χ2v) is 15.7. The lowest BCUT2D eigenvalue weighted by Gasteiger charge is -2.14. The molecule has 278 valence electrons. The Kier molecular flexibility index (Phi) is 6.98. The van der Waals surface area contributed by atoms with Crippen molar-refractivity contribution in [3.63, 3.8) is 0 Å². The fourth-order valence-electron chi connectivity index (χ4n) is 9.58. The number of para-hydroxylation sites is 2. The van der Waals surface area contributed by atoms with Gasteiger partial charge in [0.2, 0.25) is 5.95 Å². The van der Waals surface area contributed by atoms with Gasteiger partial charge >= 0.3 is 0 Å². The van der Waals surface area contributed by atoms with Gasteiger partial charge in [-0.15, -0.1) is 0 Å². The molecular formula is C56H33N3O. The fourth-order valence-corrected chi connectivity index (χ4v) is 9.58. The van der Waals surface area contributed by atoms with Gasteiger partial charge in [-0.3, -0.25) is 4.57 Å². The van der Waals surface area contributed by atoms with E-state index in [4.69, 9.17) is 14.4 Å². The van der Waals surface area contributed by atoms with Crippen molar-refractivity contribution in [2.45, 2.75) is 0 Å². The van der Waals surface area contributed by atoms with Crippen molar-refractivity contribution in [2.75, 3.05) is 0 Å². The molecule has 0 atom stereocenters. The molecule has 0 unspecified atom stereocenters. The molecule has 0 spiro atoms. The van der Waals surface area contributed by atoms with E-state index in [-0.39, 0.29) is 0 Å². The van der Waals surface area contributed by atoms with Gasteiger partial charge < -0.3 is 4.42 Å². The predicted molar refractivity (Wildman–Crippen MR) is 250 cm³/mol. The van der Waals surface area contributed by atoms with E-state index in [1.165, 1.54) is 43.4 Å². The summed E-state index contributed by atoms with van der Waals surface area (Å²) in [6, 6.07) is 71.5. The summed E-state index contributed by atoms with van der Waals surface area (Å²) in [5.41, 5.74) is 11.3. The number of fused-ring (bicyclic) bond motifs is 11. The van der Waals surface area contributed by atoms with E-state index in [1.807, 2.05) is 0 Å². The predicted octanol–water partition coefficient (Wildman–Crippen LogP) is 15.1. The standard InChI is InChI=1S/C56H33N3O/c1-2-14-39-33-50-47(31-38(39)13-1)45-21-10-20-44(40-28-29-51-48(32-40)53-43-17-6-4-12-35(43)27-30-52(53)60-51)55(45)59(50)56-57-49-22-8-7-18-46(49)54(58-56)37-25-23-36(24-26-37)42-19-9-15-34-11-3-5-16-41(34)42/h1-33H. The maximum absolute atomic E-state index is 6.45. The summed E-state index contributed by atoms with van der Waals surface area (Å²) in [5, 5.41) is 12.8. The summed E-state index contributed by atoms with van der Waals surface area (Å²) in [7, 11) is 0. The average molecular weight is 764 g/mol. The molecule has 0 fully saturated rings. The quantitative estimate of drug-likeness (QED) is 0.179. The van der Waals surface area contributed by atoms with Crippen molar-refractivity contribution in [1.82, 2.24) is 14.5 Å². The van der Waals surface area contributed by atoms with Crippen LogP contribution >= 0.6 is 0 Å². The summed E-state index contributed by atoms with van der Waals surface area (Å²) in [6.07, 6.45) is 0. The average Bonchev–Trinajstić information content (AvgIpc) is 3.85. The third kappa shape index (κ3) is 4.91. The van der Waals surface area contributed by atoms with E-state index in [1.54, 1.807) is 0 Å². The molecule has 13 aromatic rings. The Morgan fingerprint density at radius 3 is 1.83 bits per heavy atom. The molecule has 0 N–H and O–H groups in total. The highest BCUT2D eigenvalue weighted by atomic mass is 16.3. The molecule has 4 heteroatoms. The maximum Gasteiger partial charge on any atom is 0.235 e. The second kappa shape index (κ2) is 12.7. The smallest absolute Gasteiger partial charge is 0.235 e. The van der Waals surface area contributed by atoms with Crippen LogP contribution in [-0.2, 0) is 0 Å². The molecule has 0 radical (unpaired) electrons. The molecule has 60 heavy (non-hydrogen) atoms. The van der Waals surface area contributed by atoms with Crippen LogP contribution in [0.25, 0.3) is 126 Å². The molecule has 3 heterocycles. The van der Waals surface area contributed by atoms with Crippen molar-refractivity contribution in [2.24, 2.45) is 0 Å². The van der Waals surface area contributed by atoms with E-state index in [0.29, 0.717) is 5.95 Å². The highest BCUT2D eigenvalue weighted by Crippen LogP contribution is 2.43. The van der Waals surface area contributed by atoms with Crippen LogP contribution in [0.15, 0.2) is 205 Å². The molecular weight excluding hydrogens is 731 g/mol. The summed E-state index contributed by atoms with van der Waals surface area (Å²) >= 11 is 0. The van der Waals surface area contributed by atoms with E-state index < -0.39 is 0 Å². The SMILES string of the molecule is c1ccc2cc3c(cc2c1)c1cccc(-c2ccc4oc5ccc6ccccc6c5c4c2)c1n3-c1nc(-c2ccc(-c3cccc4ccccc34)cc2)c2ccccc2n1. The third-order valence-electron chi connectivity index (χ3n) is 12.4. The van der Waals surface area contributed by atoms with Gasteiger partial charge in [-0.2, -0.15) is 0 Å². The lowest BCUT2D eigenvalue weighted by Crippen LogP contribution is -2.04. The Balaban J connectivity index is 1.07. The van der Waals surface area contributed by atoms with Crippen molar-refractivity contribution in [1.29, 1.82) is 0 Å². The first-order valence-electron chi connectivity index (χ1n) is 20.4. The van der Waals surface area contributed by atoms with E-state index in [2.05, 4.69) is 205 Å². The topological polar surface area (TPSA) is 43.9 Å². The lowest BCUT2D eigenvalue weighted by atomic mass is 9.96. The molecule has 0 aliphatic rings. The number of hydrogen-bond donors (Lipinski definition) is 0. The lowest BCUT2D eigenvalue weighted by molar-refractivity contribution is 0.669. The minimum atomic E-state index is 0.630. The molecule has 0 saturated heterocycles. The summed E-state index contributed by atoms with van der Waals surface area (Å²) in [5.74, 6) is 0.630. The zero-order valence-electron chi connectivity index (χ0n) is 32.3. The monoisotopic (exact) mass is 763 g/mol. The van der Waals surface area contributed by atoms with Gasteiger partial charge in [0, 0.05) is 38.1 Å². The van der Waals surface area contributed by atoms with Gasteiger partial charge in [-0.25, -0.2) is 9.97 Å². The minimum absolute atomic E-state index is 0.630. The summed E-state index contributed by atoms with van der Waals surface area (Å²) in [6.45, 7) is 0. The number of hydrogen-bond acceptors (Lipinski definition) is 3. The van der Waals surface area contributed by atoms with Crippen molar-refractivity contribution < 1.29 is 4.42 Å². The van der Waals surface area contributed by atoms with Gasteiger partial charge in [0.15, 0.2) is 0 Å². The van der Waals surface area contributed by atoms with Gasteiger partial charge in [0.05, 0.1) is 22.2 Å². The van der Waals surface area contributed by atoms with Crippen LogP contribution < -0.4 is 0 Å². The summed E-state index contributed by atoms with van der Waals surface area (Å²) in [4.78, 5) is 10.9. The van der Waals surface area contributed by atoms with Crippen LogP contribution in [-0.4, -0.2) is 14.5 Å². The number of nitrogens with zero attached hydrogens (tertiary/aromatic N) is 3. The first-order valence-corrected chi connectivity index (χ1v) is 20.4. The van der Waals surface area contributed by atoms with Gasteiger partial charge in [-0.1, -0.05) is 164 Å². The molecule has 0 aliphatic carbocycles. The number of benzene rings is 10. The van der Waals surface area contributed by atoms with Crippen LogP contribution in [0.1, 0.15) is 0 Å².